The second kappa shape index (κ2) is 10.8. The maximum Gasteiger partial charge on any atom is 0.243 e. The first-order valence-electron chi connectivity index (χ1n) is 12.3. The van der Waals surface area contributed by atoms with Crippen LogP contribution in [0, 0.1) is 13.8 Å². The highest BCUT2D eigenvalue weighted by atomic mass is 32.2. The molecule has 9 heteroatoms. The van der Waals surface area contributed by atoms with Crippen molar-refractivity contribution in [1.29, 1.82) is 0 Å². The number of hydrogen-bond donors (Lipinski definition) is 1. The zero-order valence-electron chi connectivity index (χ0n) is 21.0. The molecule has 8 nitrogen and oxygen atoms in total. The number of ether oxygens (including phenoxy) is 1. The van der Waals surface area contributed by atoms with Crippen LogP contribution in [-0.4, -0.2) is 88.8 Å². The van der Waals surface area contributed by atoms with E-state index in [1.807, 2.05) is 12.1 Å². The molecule has 1 N–H and O–H groups in total. The first kappa shape index (κ1) is 25.2. The first-order chi connectivity index (χ1) is 16.3. The summed E-state index contributed by atoms with van der Waals surface area (Å²) in [5.74, 6) is 0. The Kier molecular flexibility index (Phi) is 7.99. The van der Waals surface area contributed by atoms with Gasteiger partial charge in [0.25, 0.3) is 0 Å². The number of anilines is 1. The molecule has 0 bridgehead atoms. The molecule has 0 amide bonds. The van der Waals surface area contributed by atoms with Gasteiger partial charge in [0.15, 0.2) is 0 Å². The fraction of sp³-hybridized carbons (Fsp3) is 0.600. The van der Waals surface area contributed by atoms with Crippen LogP contribution in [0.3, 0.4) is 0 Å². The van der Waals surface area contributed by atoms with E-state index in [0.717, 1.165) is 68.3 Å². The highest BCUT2D eigenvalue weighted by Crippen LogP contribution is 2.34. The van der Waals surface area contributed by atoms with E-state index < -0.39 is 10.0 Å². The SMILES string of the molecule is Cc1cc(CNCCN(C)C)c(C)n1-c1cc(S(=O)(=O)N2CCOCC2)ccc1N1CCCC1. The van der Waals surface area contributed by atoms with E-state index in [4.69, 9.17) is 4.74 Å². The van der Waals surface area contributed by atoms with Gasteiger partial charge < -0.3 is 24.4 Å². The van der Waals surface area contributed by atoms with E-state index in [-0.39, 0.29) is 0 Å². The topological polar surface area (TPSA) is 70.0 Å². The molecule has 2 aromatic rings. The summed E-state index contributed by atoms with van der Waals surface area (Å²) in [4.78, 5) is 4.90. The molecule has 0 spiro atoms. The molecule has 0 saturated carbocycles. The molecule has 34 heavy (non-hydrogen) atoms. The van der Waals surface area contributed by atoms with Gasteiger partial charge in [-0.3, -0.25) is 0 Å². The Hall–Kier alpha value is -1.91. The first-order valence-corrected chi connectivity index (χ1v) is 13.7. The Labute approximate surface area is 204 Å². The van der Waals surface area contributed by atoms with E-state index in [9.17, 15) is 8.42 Å². The predicted molar refractivity (Wildman–Crippen MR) is 137 cm³/mol. The Morgan fingerprint density at radius 3 is 2.38 bits per heavy atom. The predicted octanol–water partition coefficient (Wildman–Crippen LogP) is 2.37. The van der Waals surface area contributed by atoms with Crippen LogP contribution in [-0.2, 0) is 21.3 Å². The molecule has 1 aromatic carbocycles. The minimum absolute atomic E-state index is 0.352. The van der Waals surface area contributed by atoms with Crippen molar-refractivity contribution in [3.63, 3.8) is 0 Å². The number of aryl methyl sites for hydroxylation is 1. The number of hydrogen-bond acceptors (Lipinski definition) is 6. The summed E-state index contributed by atoms with van der Waals surface area (Å²) in [5.41, 5.74) is 5.56. The van der Waals surface area contributed by atoms with Crippen LogP contribution in [0.4, 0.5) is 5.69 Å². The highest BCUT2D eigenvalue weighted by molar-refractivity contribution is 7.89. The third-order valence-electron chi connectivity index (χ3n) is 6.83. The van der Waals surface area contributed by atoms with E-state index in [0.29, 0.717) is 31.2 Å². The number of sulfonamides is 1. The summed E-state index contributed by atoms with van der Waals surface area (Å²) >= 11 is 0. The van der Waals surface area contributed by atoms with Crippen LogP contribution in [0.25, 0.3) is 5.69 Å². The van der Waals surface area contributed by atoms with Crippen molar-refractivity contribution in [3.05, 3.63) is 41.2 Å². The lowest BCUT2D eigenvalue weighted by Crippen LogP contribution is -2.40. The number of likely N-dealkylation sites (N-methyl/N-ethyl adjacent to an activating group) is 1. The normalized spacial score (nSPS) is 17.7. The lowest BCUT2D eigenvalue weighted by molar-refractivity contribution is 0.0730. The standard InChI is InChI=1S/C25H39N5O3S/c1-20-17-22(19-26-9-12-27(3)4)21(2)30(20)25-18-23(7-8-24(25)28-10-5-6-11-28)34(31,32)29-13-15-33-16-14-29/h7-8,17-18,26H,5-6,9-16,19H2,1-4H3. The van der Waals surface area contributed by atoms with Gasteiger partial charge in [-0.2, -0.15) is 4.31 Å². The smallest absolute Gasteiger partial charge is 0.243 e. The quantitative estimate of drug-likeness (QED) is 0.546. The Morgan fingerprint density at radius 2 is 1.71 bits per heavy atom. The van der Waals surface area contributed by atoms with Gasteiger partial charge in [0.2, 0.25) is 10.0 Å². The van der Waals surface area contributed by atoms with E-state index >= 15 is 0 Å². The molecule has 4 rings (SSSR count). The van der Waals surface area contributed by atoms with Crippen LogP contribution >= 0.6 is 0 Å². The average Bonchev–Trinajstić information content (AvgIpc) is 3.45. The zero-order valence-corrected chi connectivity index (χ0v) is 21.8. The minimum atomic E-state index is -3.57. The van der Waals surface area contributed by atoms with Crippen molar-refractivity contribution < 1.29 is 13.2 Å². The highest BCUT2D eigenvalue weighted by Gasteiger charge is 2.28. The Morgan fingerprint density at radius 1 is 1.00 bits per heavy atom. The second-order valence-electron chi connectivity index (χ2n) is 9.57. The Bertz CT molecular complexity index is 1080. The van der Waals surface area contributed by atoms with Gasteiger partial charge in [-0.25, -0.2) is 8.42 Å². The molecule has 2 aliphatic rings. The van der Waals surface area contributed by atoms with E-state index in [1.54, 1.807) is 10.4 Å². The number of aromatic nitrogens is 1. The van der Waals surface area contributed by atoms with Gasteiger partial charge in [0.05, 0.1) is 29.5 Å². The molecular formula is C25H39N5O3S. The minimum Gasteiger partial charge on any atom is -0.379 e. The molecule has 0 atom stereocenters. The number of benzene rings is 1. The van der Waals surface area contributed by atoms with Crippen molar-refractivity contribution in [2.45, 2.75) is 38.1 Å². The summed E-state index contributed by atoms with van der Waals surface area (Å²) in [5, 5.41) is 3.53. The molecule has 2 aliphatic heterocycles. The fourth-order valence-electron chi connectivity index (χ4n) is 4.91. The van der Waals surface area contributed by atoms with Crippen LogP contribution in [0.1, 0.15) is 29.8 Å². The van der Waals surface area contributed by atoms with Crippen LogP contribution in [0.2, 0.25) is 0 Å². The summed E-state index contributed by atoms with van der Waals surface area (Å²) in [6.45, 7) is 10.6. The van der Waals surface area contributed by atoms with Crippen molar-refractivity contribution in [1.82, 2.24) is 19.1 Å². The molecule has 0 radical (unpaired) electrons. The molecule has 0 aliphatic carbocycles. The van der Waals surface area contributed by atoms with Gasteiger partial charge in [-0.15, -0.1) is 0 Å². The maximum atomic E-state index is 13.4. The molecule has 2 saturated heterocycles. The lowest BCUT2D eigenvalue weighted by atomic mass is 10.2. The second-order valence-corrected chi connectivity index (χ2v) is 11.5. The molecular weight excluding hydrogens is 450 g/mol. The van der Waals surface area contributed by atoms with Crippen molar-refractivity contribution >= 4 is 15.7 Å². The van der Waals surface area contributed by atoms with Gasteiger partial charge in [-0.1, -0.05) is 0 Å². The number of nitrogens with zero attached hydrogens (tertiary/aromatic N) is 4. The summed E-state index contributed by atoms with van der Waals surface area (Å²) in [7, 11) is 0.577. The summed E-state index contributed by atoms with van der Waals surface area (Å²) in [6.07, 6.45) is 2.33. The van der Waals surface area contributed by atoms with Crippen molar-refractivity contribution in [2.24, 2.45) is 0 Å². The molecule has 188 valence electrons. The van der Waals surface area contributed by atoms with Crippen LogP contribution in [0.15, 0.2) is 29.2 Å². The van der Waals surface area contributed by atoms with Gasteiger partial charge in [0, 0.05) is 57.2 Å². The molecule has 0 unspecified atom stereocenters. The van der Waals surface area contributed by atoms with Crippen molar-refractivity contribution in [3.8, 4) is 5.69 Å². The number of rotatable bonds is 9. The van der Waals surface area contributed by atoms with E-state index in [2.05, 4.69) is 53.7 Å². The Balaban J connectivity index is 1.71. The molecule has 2 fully saturated rings. The summed E-state index contributed by atoms with van der Waals surface area (Å²) in [6, 6.07) is 7.87. The molecule has 3 heterocycles. The van der Waals surface area contributed by atoms with Gasteiger partial charge in [0.1, 0.15) is 0 Å². The lowest BCUT2D eigenvalue weighted by Gasteiger charge is -2.28. The third kappa shape index (κ3) is 5.33. The van der Waals surface area contributed by atoms with E-state index in [1.165, 1.54) is 5.56 Å². The third-order valence-corrected chi connectivity index (χ3v) is 8.72. The maximum absolute atomic E-state index is 13.4. The molecule has 1 aromatic heterocycles. The zero-order chi connectivity index (χ0) is 24.3. The largest absolute Gasteiger partial charge is 0.379 e. The number of morpholine rings is 1. The monoisotopic (exact) mass is 489 g/mol. The summed E-state index contributed by atoms with van der Waals surface area (Å²) < 4.78 is 36.0. The van der Waals surface area contributed by atoms with Gasteiger partial charge in [-0.05, 0) is 70.6 Å². The average molecular weight is 490 g/mol. The van der Waals surface area contributed by atoms with Gasteiger partial charge >= 0.3 is 0 Å². The van der Waals surface area contributed by atoms with Crippen LogP contribution < -0.4 is 10.2 Å². The van der Waals surface area contributed by atoms with Crippen LogP contribution in [0.5, 0.6) is 0 Å². The van der Waals surface area contributed by atoms with Crippen molar-refractivity contribution in [2.75, 3.05) is 71.5 Å². The number of nitrogens with one attached hydrogen (secondary N) is 1. The fourth-order valence-corrected chi connectivity index (χ4v) is 6.34.